The molecule has 3 N–H and O–H groups in total. The maximum absolute atomic E-state index is 5.61. The van der Waals surface area contributed by atoms with Crippen molar-refractivity contribution in [2.75, 3.05) is 18.5 Å². The van der Waals surface area contributed by atoms with Crippen molar-refractivity contribution in [3.05, 3.63) is 18.6 Å². The average molecular weight is 372 g/mol. The lowest BCUT2D eigenvalue weighted by Crippen LogP contribution is -2.40. The monoisotopic (exact) mass is 371 g/mol. The zero-order valence-corrected chi connectivity index (χ0v) is 17.8. The molecule has 27 heavy (non-hydrogen) atoms. The van der Waals surface area contributed by atoms with Crippen molar-refractivity contribution < 1.29 is 0 Å². The highest BCUT2D eigenvalue weighted by Crippen LogP contribution is 2.42. The standard InChI is InChI=1S/C14H20N4.C8H17N/c1-14(2)7-4-5-11(14)18(3)13-10-6-8-15-12(10)16-9-17-13;1-8(2)5-3-4-7(8)6-9/h6,8-9,11H,4-5,7H2,1-3H3,(H,15,16,17);7H,3-6,9H2,1-2H3. The van der Waals surface area contributed by atoms with Crippen LogP contribution in [-0.4, -0.2) is 34.6 Å². The minimum absolute atomic E-state index is 0.363. The molecule has 0 aliphatic heterocycles. The SMILES string of the molecule is CC1(C)CCCC1CN.CN(c1ncnc2[nH]ccc12)C1CCCC1(C)C. The molecule has 0 saturated heterocycles. The number of hydrogen-bond donors (Lipinski definition) is 2. The molecule has 0 spiro atoms. The molecule has 2 saturated carbocycles. The van der Waals surface area contributed by atoms with E-state index in [0.29, 0.717) is 16.9 Å². The Morgan fingerprint density at radius 3 is 2.37 bits per heavy atom. The van der Waals surface area contributed by atoms with E-state index < -0.39 is 0 Å². The maximum Gasteiger partial charge on any atom is 0.142 e. The second kappa shape index (κ2) is 7.78. The second-order valence-corrected chi connectivity index (χ2v) is 9.76. The molecular formula is C22H37N5. The van der Waals surface area contributed by atoms with Gasteiger partial charge in [0.2, 0.25) is 0 Å². The second-order valence-electron chi connectivity index (χ2n) is 9.76. The van der Waals surface area contributed by atoms with E-state index >= 15 is 0 Å². The van der Waals surface area contributed by atoms with Crippen LogP contribution in [0.3, 0.4) is 0 Å². The number of aromatic amines is 1. The number of fused-ring (bicyclic) bond motifs is 1. The van der Waals surface area contributed by atoms with Crippen LogP contribution >= 0.6 is 0 Å². The lowest BCUT2D eigenvalue weighted by Gasteiger charge is -2.36. The molecule has 150 valence electrons. The minimum Gasteiger partial charge on any atom is -0.355 e. The van der Waals surface area contributed by atoms with Crippen LogP contribution in [0.15, 0.2) is 18.6 Å². The predicted octanol–water partition coefficient (Wildman–Crippen LogP) is 4.74. The van der Waals surface area contributed by atoms with Crippen molar-refractivity contribution in [3.63, 3.8) is 0 Å². The molecule has 2 atom stereocenters. The molecule has 2 aliphatic rings. The van der Waals surface area contributed by atoms with Crippen molar-refractivity contribution >= 4 is 16.9 Å². The topological polar surface area (TPSA) is 70.8 Å². The first-order valence-electron chi connectivity index (χ1n) is 10.5. The third-order valence-corrected chi connectivity index (χ3v) is 7.10. The summed E-state index contributed by atoms with van der Waals surface area (Å²) in [6.45, 7) is 10.3. The fraction of sp³-hybridized carbons (Fsp3) is 0.727. The van der Waals surface area contributed by atoms with Gasteiger partial charge >= 0.3 is 0 Å². The summed E-state index contributed by atoms with van der Waals surface area (Å²) in [6.07, 6.45) is 11.5. The third-order valence-electron chi connectivity index (χ3n) is 7.10. The van der Waals surface area contributed by atoms with Gasteiger partial charge in [0.25, 0.3) is 0 Å². The van der Waals surface area contributed by atoms with E-state index in [1.807, 2.05) is 6.20 Å². The van der Waals surface area contributed by atoms with Crippen molar-refractivity contribution in [2.45, 2.75) is 72.3 Å². The highest BCUT2D eigenvalue weighted by Gasteiger charge is 2.38. The molecule has 0 amide bonds. The van der Waals surface area contributed by atoms with Crippen LogP contribution in [0.4, 0.5) is 5.82 Å². The number of H-pyrrole nitrogens is 1. The molecule has 0 aromatic carbocycles. The van der Waals surface area contributed by atoms with Crippen LogP contribution in [0.5, 0.6) is 0 Å². The third kappa shape index (κ3) is 4.13. The summed E-state index contributed by atoms with van der Waals surface area (Å²) in [5, 5.41) is 1.11. The van der Waals surface area contributed by atoms with Crippen LogP contribution in [0.25, 0.3) is 11.0 Å². The summed E-state index contributed by atoms with van der Waals surface area (Å²) >= 11 is 0. The van der Waals surface area contributed by atoms with Crippen molar-refractivity contribution in [1.29, 1.82) is 0 Å². The largest absolute Gasteiger partial charge is 0.355 e. The van der Waals surface area contributed by atoms with Gasteiger partial charge in [-0.25, -0.2) is 9.97 Å². The van der Waals surface area contributed by atoms with E-state index in [-0.39, 0.29) is 0 Å². The number of nitrogens with two attached hydrogens (primary N) is 1. The van der Waals surface area contributed by atoms with Crippen LogP contribution in [0, 0.1) is 16.7 Å². The van der Waals surface area contributed by atoms with Crippen LogP contribution < -0.4 is 10.6 Å². The number of hydrogen-bond acceptors (Lipinski definition) is 4. The average Bonchev–Trinajstić information content (AvgIpc) is 3.31. The fourth-order valence-corrected chi connectivity index (χ4v) is 5.15. The molecule has 2 fully saturated rings. The summed E-state index contributed by atoms with van der Waals surface area (Å²) in [7, 11) is 2.16. The first-order valence-corrected chi connectivity index (χ1v) is 10.5. The van der Waals surface area contributed by atoms with E-state index in [1.165, 1.54) is 38.5 Å². The summed E-state index contributed by atoms with van der Waals surface area (Å²) in [5.74, 6) is 1.83. The molecule has 5 heteroatoms. The highest BCUT2D eigenvalue weighted by atomic mass is 15.2. The van der Waals surface area contributed by atoms with Gasteiger partial charge in [-0.3, -0.25) is 0 Å². The molecule has 5 nitrogen and oxygen atoms in total. The smallest absolute Gasteiger partial charge is 0.142 e. The Morgan fingerprint density at radius 1 is 1.11 bits per heavy atom. The Hall–Kier alpha value is -1.62. The first-order chi connectivity index (χ1) is 12.8. The van der Waals surface area contributed by atoms with Gasteiger partial charge < -0.3 is 15.6 Å². The van der Waals surface area contributed by atoms with Crippen molar-refractivity contribution in [1.82, 2.24) is 15.0 Å². The van der Waals surface area contributed by atoms with Crippen molar-refractivity contribution in [3.8, 4) is 0 Å². The summed E-state index contributed by atoms with van der Waals surface area (Å²) < 4.78 is 0. The lowest BCUT2D eigenvalue weighted by atomic mass is 9.82. The molecular weight excluding hydrogens is 334 g/mol. The Labute approximate surface area is 164 Å². The zero-order chi connectivity index (χ0) is 19.7. The summed E-state index contributed by atoms with van der Waals surface area (Å²) in [6, 6.07) is 2.62. The van der Waals surface area contributed by atoms with E-state index in [4.69, 9.17) is 5.73 Å². The fourth-order valence-electron chi connectivity index (χ4n) is 5.15. The number of nitrogens with one attached hydrogen (secondary N) is 1. The summed E-state index contributed by atoms with van der Waals surface area (Å²) in [5.41, 5.74) is 7.43. The van der Waals surface area contributed by atoms with Gasteiger partial charge in [0.1, 0.15) is 17.8 Å². The van der Waals surface area contributed by atoms with Crippen LogP contribution in [-0.2, 0) is 0 Å². The van der Waals surface area contributed by atoms with Crippen molar-refractivity contribution in [2.24, 2.45) is 22.5 Å². The van der Waals surface area contributed by atoms with Gasteiger partial charge in [-0.05, 0) is 55.0 Å². The Morgan fingerprint density at radius 2 is 1.81 bits per heavy atom. The van der Waals surface area contributed by atoms with Gasteiger partial charge in [0.15, 0.2) is 0 Å². The lowest BCUT2D eigenvalue weighted by molar-refractivity contribution is 0.267. The van der Waals surface area contributed by atoms with Crippen LogP contribution in [0.1, 0.15) is 66.2 Å². The van der Waals surface area contributed by atoms with Gasteiger partial charge in [0, 0.05) is 19.3 Å². The van der Waals surface area contributed by atoms with Gasteiger partial charge in [-0.2, -0.15) is 0 Å². The number of anilines is 1. The van der Waals surface area contributed by atoms with E-state index in [0.717, 1.165) is 29.3 Å². The minimum atomic E-state index is 0.363. The Bertz CT molecular complexity index is 748. The van der Waals surface area contributed by atoms with Gasteiger partial charge in [0.05, 0.1) is 5.39 Å². The maximum atomic E-state index is 5.61. The first kappa shape index (κ1) is 20.1. The molecule has 2 aromatic rings. The molecule has 4 rings (SSSR count). The van der Waals surface area contributed by atoms with Gasteiger partial charge in [-0.1, -0.05) is 40.5 Å². The normalized spacial score (nSPS) is 26.0. The number of nitrogens with zero attached hydrogens (tertiary/aromatic N) is 3. The number of rotatable bonds is 3. The zero-order valence-electron chi connectivity index (χ0n) is 17.8. The van der Waals surface area contributed by atoms with E-state index in [9.17, 15) is 0 Å². The Balaban J connectivity index is 0.000000197. The van der Waals surface area contributed by atoms with E-state index in [2.05, 4.69) is 60.7 Å². The number of aromatic nitrogens is 3. The molecule has 2 unspecified atom stereocenters. The quantitative estimate of drug-likeness (QED) is 0.817. The van der Waals surface area contributed by atoms with Gasteiger partial charge in [-0.15, -0.1) is 0 Å². The highest BCUT2D eigenvalue weighted by molar-refractivity contribution is 5.87. The molecule has 0 bridgehead atoms. The summed E-state index contributed by atoms with van der Waals surface area (Å²) in [4.78, 5) is 14.2. The Kier molecular flexibility index (Phi) is 5.80. The molecule has 0 radical (unpaired) electrons. The predicted molar refractivity (Wildman–Crippen MR) is 114 cm³/mol. The molecule has 2 aromatic heterocycles. The molecule has 2 heterocycles. The van der Waals surface area contributed by atoms with E-state index in [1.54, 1.807) is 6.33 Å². The molecule has 2 aliphatic carbocycles. The van der Waals surface area contributed by atoms with Crippen LogP contribution in [0.2, 0.25) is 0 Å².